The number of alkyl halides is 1. The summed E-state index contributed by atoms with van der Waals surface area (Å²) in [6.07, 6.45) is 5.98. The van der Waals surface area contributed by atoms with Gasteiger partial charge in [-0.2, -0.15) is 0 Å². The Labute approximate surface area is 233 Å². The standard InChI is InChI=1S/C28H36ClN3O7/c1-18-24(27(34)35)26(20-9-7-12-22(17-20)32(37)38)25(28(36)39-3)19(2)30(18)15-16-31(23(33)13-8-14-29)21-10-5-4-6-11-21/h7,9,12,17,21,26H,4-6,8,10-11,13-16H2,1-3H3,(H,34,35). The first-order valence-corrected chi connectivity index (χ1v) is 13.8. The van der Waals surface area contributed by atoms with Crippen LogP contribution in [0.3, 0.4) is 0 Å². The van der Waals surface area contributed by atoms with Gasteiger partial charge < -0.3 is 19.6 Å². The van der Waals surface area contributed by atoms with Crippen LogP contribution in [0.5, 0.6) is 0 Å². The van der Waals surface area contributed by atoms with Gasteiger partial charge in [-0.25, -0.2) is 9.59 Å². The number of rotatable bonds is 11. The molecule has 10 nitrogen and oxygen atoms in total. The Kier molecular flexibility index (Phi) is 10.5. The highest BCUT2D eigenvalue weighted by molar-refractivity contribution is 6.17. The van der Waals surface area contributed by atoms with Crippen LogP contribution in [-0.4, -0.2) is 69.8 Å². The number of carboxylic acids is 1. The first-order valence-electron chi connectivity index (χ1n) is 13.2. The van der Waals surface area contributed by atoms with E-state index in [2.05, 4.69) is 0 Å². The molecule has 1 aromatic carbocycles. The van der Waals surface area contributed by atoms with Crippen molar-refractivity contribution in [3.63, 3.8) is 0 Å². The molecule has 0 radical (unpaired) electrons. The lowest BCUT2D eigenvalue weighted by atomic mass is 9.79. The Morgan fingerprint density at radius 1 is 1.15 bits per heavy atom. The molecular formula is C28H36ClN3O7. The summed E-state index contributed by atoms with van der Waals surface area (Å²) in [6.45, 7) is 3.99. The second-order valence-electron chi connectivity index (χ2n) is 9.90. The summed E-state index contributed by atoms with van der Waals surface area (Å²) in [5.41, 5.74) is 1.01. The maximum Gasteiger partial charge on any atom is 0.336 e. The molecule has 1 fully saturated rings. The van der Waals surface area contributed by atoms with Gasteiger partial charge in [0, 0.05) is 55.0 Å². The van der Waals surface area contributed by atoms with Crippen molar-refractivity contribution in [2.75, 3.05) is 26.1 Å². The summed E-state index contributed by atoms with van der Waals surface area (Å²) in [5, 5.41) is 21.7. The number of carbonyl (C=O) groups excluding carboxylic acids is 2. The lowest BCUT2D eigenvalue weighted by molar-refractivity contribution is -0.384. The number of nitro benzene ring substituents is 1. The third-order valence-corrected chi connectivity index (χ3v) is 7.91. The van der Waals surface area contributed by atoms with E-state index in [0.717, 1.165) is 32.1 Å². The fourth-order valence-corrected chi connectivity index (χ4v) is 5.85. The number of aliphatic carboxylic acids is 1. The van der Waals surface area contributed by atoms with Crippen LogP contribution in [0.4, 0.5) is 5.69 Å². The highest BCUT2D eigenvalue weighted by Crippen LogP contribution is 2.43. The molecule has 2 aliphatic rings. The minimum Gasteiger partial charge on any atom is -0.478 e. The van der Waals surface area contributed by atoms with E-state index in [1.54, 1.807) is 24.8 Å². The molecule has 0 bridgehead atoms. The zero-order chi connectivity index (χ0) is 28.7. The van der Waals surface area contributed by atoms with Crippen molar-refractivity contribution in [1.29, 1.82) is 0 Å². The Balaban J connectivity index is 2.04. The number of hydrogen-bond acceptors (Lipinski definition) is 7. The van der Waals surface area contributed by atoms with Crippen LogP contribution in [0.1, 0.15) is 70.3 Å². The van der Waals surface area contributed by atoms with E-state index >= 15 is 0 Å². The van der Waals surface area contributed by atoms with Gasteiger partial charge in [0.05, 0.1) is 29.1 Å². The number of non-ortho nitro benzene ring substituents is 1. The number of amides is 1. The number of ether oxygens (including phenoxy) is 1. The van der Waals surface area contributed by atoms with Gasteiger partial charge in [-0.15, -0.1) is 11.6 Å². The predicted molar refractivity (Wildman–Crippen MR) is 146 cm³/mol. The largest absolute Gasteiger partial charge is 0.478 e. The second kappa shape index (κ2) is 13.6. The van der Waals surface area contributed by atoms with Gasteiger partial charge in [-0.05, 0) is 38.7 Å². The summed E-state index contributed by atoms with van der Waals surface area (Å²) in [7, 11) is 1.21. The average Bonchev–Trinajstić information content (AvgIpc) is 2.93. The van der Waals surface area contributed by atoms with Gasteiger partial charge in [0.25, 0.3) is 5.69 Å². The number of carboxylic acid groups (broad SMARTS) is 1. The van der Waals surface area contributed by atoms with Crippen LogP contribution >= 0.6 is 11.6 Å². The van der Waals surface area contributed by atoms with Crippen LogP contribution in [0.2, 0.25) is 0 Å². The number of hydrogen-bond donors (Lipinski definition) is 1. The van der Waals surface area contributed by atoms with Crippen LogP contribution in [0, 0.1) is 10.1 Å². The summed E-state index contributed by atoms with van der Waals surface area (Å²) in [5.74, 6) is -2.62. The predicted octanol–water partition coefficient (Wildman–Crippen LogP) is 4.98. The van der Waals surface area contributed by atoms with Gasteiger partial charge in [0.15, 0.2) is 0 Å². The third kappa shape index (κ3) is 6.79. The summed E-state index contributed by atoms with van der Waals surface area (Å²) >= 11 is 5.84. The van der Waals surface area contributed by atoms with Crippen molar-refractivity contribution in [3.05, 3.63) is 62.5 Å². The summed E-state index contributed by atoms with van der Waals surface area (Å²) in [6, 6.07) is 5.74. The second-order valence-corrected chi connectivity index (χ2v) is 10.3. The zero-order valence-electron chi connectivity index (χ0n) is 22.7. The van der Waals surface area contributed by atoms with E-state index in [9.17, 15) is 29.6 Å². The first kappa shape index (κ1) is 30.1. The molecule has 3 rings (SSSR count). The monoisotopic (exact) mass is 561 g/mol. The highest BCUT2D eigenvalue weighted by Gasteiger charge is 2.40. The summed E-state index contributed by atoms with van der Waals surface area (Å²) in [4.78, 5) is 53.3. The number of nitrogens with zero attached hydrogens (tertiary/aromatic N) is 3. The molecule has 0 saturated heterocycles. The number of halogens is 1. The SMILES string of the molecule is COC(=O)C1=C(C)N(CCN(C(=O)CCCCl)C2CCCCC2)C(C)=C(C(=O)O)C1c1cccc([N+](=O)[O-])c1. The smallest absolute Gasteiger partial charge is 0.336 e. The molecule has 1 heterocycles. The Bertz CT molecular complexity index is 1170. The minimum absolute atomic E-state index is 0.0175. The number of allylic oxidation sites excluding steroid dienone is 2. The molecule has 1 saturated carbocycles. The quantitative estimate of drug-likeness (QED) is 0.173. The molecule has 11 heteroatoms. The van der Waals surface area contributed by atoms with Gasteiger partial charge in [0.1, 0.15) is 0 Å². The zero-order valence-corrected chi connectivity index (χ0v) is 23.4. The number of methoxy groups -OCH3 is 1. The van der Waals surface area contributed by atoms with Crippen LogP contribution < -0.4 is 0 Å². The lowest BCUT2D eigenvalue weighted by Gasteiger charge is -2.40. The van der Waals surface area contributed by atoms with Gasteiger partial charge in [-0.3, -0.25) is 14.9 Å². The molecule has 39 heavy (non-hydrogen) atoms. The average molecular weight is 562 g/mol. The Morgan fingerprint density at radius 3 is 2.41 bits per heavy atom. The molecule has 212 valence electrons. The Hall–Kier alpha value is -3.40. The molecule has 1 aromatic rings. The fourth-order valence-electron chi connectivity index (χ4n) is 5.72. The lowest BCUT2D eigenvalue weighted by Crippen LogP contribution is -2.46. The van der Waals surface area contributed by atoms with Crippen LogP contribution in [-0.2, 0) is 19.1 Å². The molecule has 1 atom stereocenters. The van der Waals surface area contributed by atoms with Crippen molar-refractivity contribution in [1.82, 2.24) is 9.80 Å². The molecule has 1 aliphatic carbocycles. The molecule has 0 spiro atoms. The van der Waals surface area contributed by atoms with Crippen LogP contribution in [0.25, 0.3) is 0 Å². The number of benzene rings is 1. The van der Waals surface area contributed by atoms with Crippen molar-refractivity contribution in [2.45, 2.75) is 70.8 Å². The van der Waals surface area contributed by atoms with Crippen LogP contribution in [0.15, 0.2) is 46.8 Å². The molecule has 1 unspecified atom stereocenters. The van der Waals surface area contributed by atoms with E-state index in [1.165, 1.54) is 25.3 Å². The van der Waals surface area contributed by atoms with E-state index in [-0.39, 0.29) is 35.3 Å². The van der Waals surface area contributed by atoms with Gasteiger partial charge in [0.2, 0.25) is 5.91 Å². The van der Waals surface area contributed by atoms with Gasteiger partial charge in [-0.1, -0.05) is 31.4 Å². The molecule has 1 amide bonds. The molecule has 0 aromatic heterocycles. The number of esters is 1. The molecular weight excluding hydrogens is 526 g/mol. The maximum atomic E-state index is 13.2. The van der Waals surface area contributed by atoms with Crippen molar-refractivity contribution in [2.24, 2.45) is 0 Å². The topological polar surface area (TPSA) is 130 Å². The van der Waals surface area contributed by atoms with E-state index in [1.807, 2.05) is 4.90 Å². The van der Waals surface area contributed by atoms with Gasteiger partial charge >= 0.3 is 11.9 Å². The van der Waals surface area contributed by atoms with E-state index in [4.69, 9.17) is 16.3 Å². The molecule has 1 N–H and O–H groups in total. The molecule has 1 aliphatic heterocycles. The number of carbonyl (C=O) groups is 3. The van der Waals surface area contributed by atoms with Crippen molar-refractivity contribution in [3.8, 4) is 0 Å². The first-order chi connectivity index (χ1) is 18.6. The number of nitro groups is 1. The normalized spacial score (nSPS) is 18.3. The van der Waals surface area contributed by atoms with Crippen molar-refractivity contribution >= 4 is 35.1 Å². The van der Waals surface area contributed by atoms with E-state index < -0.39 is 22.8 Å². The van der Waals surface area contributed by atoms with Crippen molar-refractivity contribution < 1.29 is 29.2 Å². The third-order valence-electron chi connectivity index (χ3n) is 7.64. The minimum atomic E-state index is -1.25. The Morgan fingerprint density at radius 2 is 1.82 bits per heavy atom. The van der Waals surface area contributed by atoms with E-state index in [0.29, 0.717) is 42.2 Å². The maximum absolute atomic E-state index is 13.2. The fraction of sp³-hybridized carbons (Fsp3) is 0.536. The summed E-state index contributed by atoms with van der Waals surface area (Å²) < 4.78 is 5.05. The highest BCUT2D eigenvalue weighted by atomic mass is 35.5.